The minimum Gasteiger partial charge on any atom is -0.265 e. The SMILES string of the molecule is CN=c1scc(-c2ccc(C)c(C)c2)n1N=Cc1ccncc1. The topological polar surface area (TPSA) is 42.5 Å². The van der Waals surface area contributed by atoms with Crippen LogP contribution in [0, 0.1) is 13.8 Å². The molecular weight excluding hydrogens is 304 g/mol. The van der Waals surface area contributed by atoms with Crippen molar-refractivity contribution in [3.63, 3.8) is 0 Å². The largest absolute Gasteiger partial charge is 0.265 e. The molecule has 23 heavy (non-hydrogen) atoms. The lowest BCUT2D eigenvalue weighted by atomic mass is 10.1. The molecule has 4 nitrogen and oxygen atoms in total. The van der Waals surface area contributed by atoms with Crippen molar-refractivity contribution in [2.24, 2.45) is 10.1 Å². The Bertz CT molecular complexity index is 904. The molecule has 0 N–H and O–H groups in total. The van der Waals surface area contributed by atoms with Crippen molar-refractivity contribution in [1.82, 2.24) is 9.66 Å². The van der Waals surface area contributed by atoms with Crippen molar-refractivity contribution in [3.05, 3.63) is 69.6 Å². The van der Waals surface area contributed by atoms with Gasteiger partial charge < -0.3 is 0 Å². The molecule has 0 fully saturated rings. The van der Waals surface area contributed by atoms with Crippen molar-refractivity contribution in [2.75, 3.05) is 7.05 Å². The van der Waals surface area contributed by atoms with Crippen LogP contribution in [0.2, 0.25) is 0 Å². The van der Waals surface area contributed by atoms with Crippen LogP contribution in [0.1, 0.15) is 16.7 Å². The summed E-state index contributed by atoms with van der Waals surface area (Å²) < 4.78 is 1.88. The van der Waals surface area contributed by atoms with E-state index in [1.54, 1.807) is 30.8 Å². The number of aryl methyl sites for hydroxylation is 2. The zero-order valence-electron chi connectivity index (χ0n) is 13.4. The van der Waals surface area contributed by atoms with E-state index in [2.05, 4.69) is 52.5 Å². The molecule has 0 aliphatic rings. The van der Waals surface area contributed by atoms with Gasteiger partial charge in [-0.3, -0.25) is 9.98 Å². The highest BCUT2D eigenvalue weighted by Crippen LogP contribution is 2.22. The van der Waals surface area contributed by atoms with Gasteiger partial charge in [-0.2, -0.15) is 5.10 Å². The molecule has 2 heterocycles. The van der Waals surface area contributed by atoms with Crippen molar-refractivity contribution >= 4 is 17.6 Å². The molecule has 0 radical (unpaired) electrons. The Morgan fingerprint density at radius 1 is 1.09 bits per heavy atom. The molecule has 0 amide bonds. The molecule has 116 valence electrons. The predicted octanol–water partition coefficient (Wildman–Crippen LogP) is 3.64. The number of hydrogen-bond donors (Lipinski definition) is 0. The van der Waals surface area contributed by atoms with E-state index in [9.17, 15) is 0 Å². The maximum Gasteiger partial charge on any atom is 0.205 e. The molecule has 0 aliphatic heterocycles. The van der Waals surface area contributed by atoms with Crippen molar-refractivity contribution < 1.29 is 0 Å². The van der Waals surface area contributed by atoms with Gasteiger partial charge in [0.15, 0.2) is 0 Å². The third-order valence-corrected chi connectivity index (χ3v) is 4.62. The van der Waals surface area contributed by atoms with E-state index < -0.39 is 0 Å². The molecule has 0 saturated carbocycles. The first kappa shape index (κ1) is 15.4. The quantitative estimate of drug-likeness (QED) is 0.679. The van der Waals surface area contributed by atoms with Gasteiger partial charge in [0, 0.05) is 30.4 Å². The van der Waals surface area contributed by atoms with Gasteiger partial charge in [0.25, 0.3) is 0 Å². The summed E-state index contributed by atoms with van der Waals surface area (Å²) >= 11 is 1.59. The lowest BCUT2D eigenvalue weighted by Gasteiger charge is -2.06. The minimum atomic E-state index is 0.864. The lowest BCUT2D eigenvalue weighted by molar-refractivity contribution is 0.848. The van der Waals surface area contributed by atoms with E-state index in [-0.39, 0.29) is 0 Å². The third-order valence-electron chi connectivity index (χ3n) is 3.71. The van der Waals surface area contributed by atoms with E-state index in [0.717, 1.165) is 21.6 Å². The number of pyridine rings is 1. The van der Waals surface area contributed by atoms with E-state index in [0.29, 0.717) is 0 Å². The fourth-order valence-corrected chi connectivity index (χ4v) is 3.04. The fraction of sp³-hybridized carbons (Fsp3) is 0.167. The van der Waals surface area contributed by atoms with E-state index in [1.165, 1.54) is 11.1 Å². The van der Waals surface area contributed by atoms with Crippen LogP contribution in [0.4, 0.5) is 0 Å². The van der Waals surface area contributed by atoms with Gasteiger partial charge in [-0.1, -0.05) is 12.1 Å². The van der Waals surface area contributed by atoms with Gasteiger partial charge in [0.1, 0.15) is 0 Å². The highest BCUT2D eigenvalue weighted by atomic mass is 32.1. The van der Waals surface area contributed by atoms with Gasteiger partial charge >= 0.3 is 0 Å². The van der Waals surface area contributed by atoms with Crippen molar-refractivity contribution in [2.45, 2.75) is 13.8 Å². The monoisotopic (exact) mass is 322 g/mol. The van der Waals surface area contributed by atoms with Crippen LogP contribution in [-0.4, -0.2) is 22.9 Å². The Morgan fingerprint density at radius 2 is 1.87 bits per heavy atom. The summed E-state index contributed by atoms with van der Waals surface area (Å²) in [5.41, 5.74) is 5.76. The molecule has 0 saturated heterocycles. The Hall–Kier alpha value is -2.53. The second kappa shape index (κ2) is 6.71. The van der Waals surface area contributed by atoms with Gasteiger partial charge in [0.2, 0.25) is 4.80 Å². The lowest BCUT2D eigenvalue weighted by Crippen LogP contribution is -2.11. The molecule has 2 aromatic heterocycles. The average Bonchev–Trinajstić information content (AvgIpc) is 2.99. The standard InChI is InChI=1S/C18H18N4S/c1-13-4-5-16(10-14(13)2)17-12-23-18(19-3)22(17)21-11-15-6-8-20-9-7-15/h4-12H,1-3H3. The fourth-order valence-electron chi connectivity index (χ4n) is 2.24. The summed E-state index contributed by atoms with van der Waals surface area (Å²) in [4.78, 5) is 9.21. The van der Waals surface area contributed by atoms with E-state index >= 15 is 0 Å². The maximum atomic E-state index is 4.62. The van der Waals surface area contributed by atoms with Crippen LogP contribution >= 0.6 is 11.3 Å². The van der Waals surface area contributed by atoms with Crippen LogP contribution in [0.5, 0.6) is 0 Å². The smallest absolute Gasteiger partial charge is 0.205 e. The van der Waals surface area contributed by atoms with Crippen LogP contribution < -0.4 is 4.80 Å². The second-order valence-electron chi connectivity index (χ2n) is 5.26. The van der Waals surface area contributed by atoms with E-state index in [4.69, 9.17) is 0 Å². The van der Waals surface area contributed by atoms with Gasteiger partial charge in [-0.25, -0.2) is 4.68 Å². The Morgan fingerprint density at radius 3 is 2.57 bits per heavy atom. The van der Waals surface area contributed by atoms with Crippen molar-refractivity contribution in [1.29, 1.82) is 0 Å². The molecule has 3 rings (SSSR count). The molecule has 0 unspecified atom stereocenters. The highest BCUT2D eigenvalue weighted by molar-refractivity contribution is 7.07. The Balaban J connectivity index is 2.07. The molecular formula is C18H18N4S. The number of nitrogens with zero attached hydrogens (tertiary/aromatic N) is 4. The van der Waals surface area contributed by atoms with Crippen LogP contribution in [0.25, 0.3) is 11.3 Å². The first-order valence-electron chi connectivity index (χ1n) is 7.34. The Labute approximate surface area is 139 Å². The number of benzene rings is 1. The second-order valence-corrected chi connectivity index (χ2v) is 6.10. The molecule has 0 spiro atoms. The van der Waals surface area contributed by atoms with Crippen LogP contribution in [0.15, 0.2) is 58.2 Å². The first-order valence-corrected chi connectivity index (χ1v) is 8.22. The van der Waals surface area contributed by atoms with E-state index in [1.807, 2.05) is 23.0 Å². The third kappa shape index (κ3) is 3.29. The van der Waals surface area contributed by atoms with Crippen molar-refractivity contribution in [3.8, 4) is 11.3 Å². The summed E-state index contributed by atoms with van der Waals surface area (Å²) in [6.45, 7) is 4.25. The molecule has 0 bridgehead atoms. The minimum absolute atomic E-state index is 0.864. The van der Waals surface area contributed by atoms with Gasteiger partial charge in [-0.05, 0) is 48.7 Å². The summed E-state index contributed by atoms with van der Waals surface area (Å²) in [7, 11) is 1.79. The average molecular weight is 322 g/mol. The van der Waals surface area contributed by atoms with Gasteiger partial charge in [0.05, 0.1) is 11.9 Å². The first-order chi connectivity index (χ1) is 11.2. The summed E-state index contributed by atoms with van der Waals surface area (Å²) in [6.07, 6.45) is 5.34. The van der Waals surface area contributed by atoms with Crippen LogP contribution in [-0.2, 0) is 0 Å². The molecule has 5 heteroatoms. The maximum absolute atomic E-state index is 4.62. The molecule has 1 aromatic carbocycles. The summed E-state index contributed by atoms with van der Waals surface area (Å²) in [6, 6.07) is 10.3. The molecule has 0 aliphatic carbocycles. The molecule has 0 atom stereocenters. The normalized spacial score (nSPS) is 12.2. The predicted molar refractivity (Wildman–Crippen MR) is 95.9 cm³/mol. The number of hydrogen-bond acceptors (Lipinski definition) is 4. The zero-order valence-corrected chi connectivity index (χ0v) is 14.2. The number of rotatable bonds is 3. The van der Waals surface area contributed by atoms with Crippen LogP contribution in [0.3, 0.4) is 0 Å². The number of thiazole rings is 1. The Kier molecular flexibility index (Phi) is 4.48. The summed E-state index contributed by atoms with van der Waals surface area (Å²) in [5, 5.41) is 6.71. The molecule has 3 aromatic rings. The summed E-state index contributed by atoms with van der Waals surface area (Å²) in [5.74, 6) is 0. The van der Waals surface area contributed by atoms with Gasteiger partial charge in [-0.15, -0.1) is 11.3 Å². The highest BCUT2D eigenvalue weighted by Gasteiger charge is 2.08. The zero-order chi connectivity index (χ0) is 16.2. The number of aromatic nitrogens is 2.